The lowest BCUT2D eigenvalue weighted by atomic mass is 10.1. The molecule has 0 spiro atoms. The summed E-state index contributed by atoms with van der Waals surface area (Å²) < 4.78 is 1.44. The lowest BCUT2D eigenvalue weighted by Crippen LogP contribution is -2.40. The number of hydrogen-bond acceptors (Lipinski definition) is 3. The van der Waals surface area contributed by atoms with Gasteiger partial charge >= 0.3 is 5.97 Å². The van der Waals surface area contributed by atoms with Crippen LogP contribution in [0.3, 0.4) is 0 Å². The molecule has 2 atom stereocenters. The Morgan fingerprint density at radius 1 is 1.21 bits per heavy atom. The molecule has 0 bridgehead atoms. The van der Waals surface area contributed by atoms with Gasteiger partial charge in [-0.2, -0.15) is 0 Å². The number of carbonyl (C=O) groups excluding carboxylic acids is 1. The Bertz CT molecular complexity index is 514. The molecule has 19 heavy (non-hydrogen) atoms. The summed E-state index contributed by atoms with van der Waals surface area (Å²) in [4.78, 5) is 24.6. The quantitative estimate of drug-likeness (QED) is 0.805. The van der Waals surface area contributed by atoms with Crippen molar-refractivity contribution in [3.63, 3.8) is 0 Å². The molecular weight excluding hydrogens is 382 g/mol. The monoisotopic (exact) mass is 391 g/mol. The van der Waals surface area contributed by atoms with Gasteiger partial charge in [0, 0.05) is 27.5 Å². The largest absolute Gasteiger partial charge is 0.480 e. The number of hydrogen-bond donors (Lipinski definition) is 2. The normalized spacial score (nSPS) is 22.6. The van der Waals surface area contributed by atoms with E-state index in [-0.39, 0.29) is 13.0 Å². The van der Waals surface area contributed by atoms with Crippen LogP contribution in [0.25, 0.3) is 0 Å². The molecule has 0 aromatic heterocycles. The van der Waals surface area contributed by atoms with Crippen LogP contribution in [-0.4, -0.2) is 45.7 Å². The summed E-state index contributed by atoms with van der Waals surface area (Å²) in [5.41, 5.74) is 0.376. The summed E-state index contributed by atoms with van der Waals surface area (Å²) in [5, 5.41) is 18.6. The highest BCUT2D eigenvalue weighted by Crippen LogP contribution is 2.25. The fourth-order valence-electron chi connectivity index (χ4n) is 2.12. The molecule has 5 nitrogen and oxygen atoms in total. The molecular formula is C12H11Br2NO4. The summed E-state index contributed by atoms with van der Waals surface area (Å²) in [7, 11) is 0. The summed E-state index contributed by atoms with van der Waals surface area (Å²) in [6.07, 6.45) is -0.725. The van der Waals surface area contributed by atoms with Crippen LogP contribution in [0.5, 0.6) is 0 Å². The third-order valence-corrected chi connectivity index (χ3v) is 3.85. The predicted molar refractivity (Wildman–Crippen MR) is 74.9 cm³/mol. The Hall–Kier alpha value is -0.920. The zero-order valence-corrected chi connectivity index (χ0v) is 12.9. The van der Waals surface area contributed by atoms with Crippen molar-refractivity contribution in [2.24, 2.45) is 0 Å². The van der Waals surface area contributed by atoms with Crippen molar-refractivity contribution < 1.29 is 19.8 Å². The molecule has 1 aromatic carbocycles. The van der Waals surface area contributed by atoms with Crippen LogP contribution >= 0.6 is 31.9 Å². The molecule has 1 heterocycles. The van der Waals surface area contributed by atoms with E-state index in [1.807, 2.05) is 0 Å². The van der Waals surface area contributed by atoms with Crippen molar-refractivity contribution in [3.05, 3.63) is 32.7 Å². The standard InChI is InChI=1S/C12H11Br2NO4/c13-7-1-6(2-8(14)3-7)11(17)15-5-9(16)4-10(15)12(18)19/h1-3,9-10,16H,4-5H2,(H,18,19)/t9-,10+/m1/s1. The van der Waals surface area contributed by atoms with Gasteiger partial charge in [-0.25, -0.2) is 4.79 Å². The van der Waals surface area contributed by atoms with Crippen molar-refractivity contribution in [3.8, 4) is 0 Å². The Morgan fingerprint density at radius 3 is 2.32 bits per heavy atom. The van der Waals surface area contributed by atoms with E-state index >= 15 is 0 Å². The maximum atomic E-state index is 12.3. The van der Waals surface area contributed by atoms with Gasteiger partial charge in [0.15, 0.2) is 0 Å². The van der Waals surface area contributed by atoms with E-state index in [1.54, 1.807) is 18.2 Å². The highest BCUT2D eigenvalue weighted by molar-refractivity contribution is 9.11. The zero-order valence-electron chi connectivity index (χ0n) is 9.72. The number of benzene rings is 1. The van der Waals surface area contributed by atoms with Crippen LogP contribution in [0, 0.1) is 0 Å². The highest BCUT2D eigenvalue weighted by Gasteiger charge is 2.39. The first kappa shape index (κ1) is 14.5. The molecule has 1 saturated heterocycles. The second kappa shape index (κ2) is 5.60. The number of halogens is 2. The summed E-state index contributed by atoms with van der Waals surface area (Å²) >= 11 is 6.56. The van der Waals surface area contributed by atoms with Gasteiger partial charge in [-0.3, -0.25) is 4.79 Å². The Balaban J connectivity index is 2.30. The number of β-amino-alcohol motifs (C(OH)–C–C–N with tert-alkyl or cyclic N) is 1. The molecule has 0 saturated carbocycles. The van der Waals surface area contributed by atoms with E-state index in [1.165, 1.54) is 4.90 Å². The van der Waals surface area contributed by atoms with Crippen molar-refractivity contribution in [1.29, 1.82) is 0 Å². The van der Waals surface area contributed by atoms with Gasteiger partial charge in [-0.05, 0) is 18.2 Å². The minimum atomic E-state index is -1.10. The van der Waals surface area contributed by atoms with Crippen LogP contribution in [0.4, 0.5) is 0 Å². The van der Waals surface area contributed by atoms with Gasteiger partial charge in [-0.15, -0.1) is 0 Å². The number of aliphatic hydroxyl groups excluding tert-OH is 1. The number of aliphatic hydroxyl groups is 1. The molecule has 2 N–H and O–H groups in total. The van der Waals surface area contributed by atoms with Crippen molar-refractivity contribution in [2.45, 2.75) is 18.6 Å². The smallest absolute Gasteiger partial charge is 0.326 e. The van der Waals surface area contributed by atoms with Gasteiger partial charge in [0.1, 0.15) is 6.04 Å². The number of likely N-dealkylation sites (tertiary alicyclic amines) is 1. The van der Waals surface area contributed by atoms with E-state index in [0.717, 1.165) is 8.95 Å². The number of amides is 1. The van der Waals surface area contributed by atoms with Gasteiger partial charge in [0.05, 0.1) is 6.10 Å². The van der Waals surface area contributed by atoms with E-state index < -0.39 is 24.0 Å². The molecule has 1 aromatic rings. The molecule has 1 aliphatic heterocycles. The van der Waals surface area contributed by atoms with E-state index in [4.69, 9.17) is 5.11 Å². The van der Waals surface area contributed by atoms with Crippen LogP contribution in [0.1, 0.15) is 16.8 Å². The Kier molecular flexibility index (Phi) is 4.27. The second-order valence-corrected chi connectivity index (χ2v) is 6.19. The number of carboxylic acid groups (broad SMARTS) is 1. The third-order valence-electron chi connectivity index (χ3n) is 2.93. The van der Waals surface area contributed by atoms with Gasteiger partial charge in [0.25, 0.3) is 5.91 Å². The Labute approximate surface area is 126 Å². The molecule has 0 radical (unpaired) electrons. The average Bonchev–Trinajstić information content (AvgIpc) is 2.69. The van der Waals surface area contributed by atoms with E-state index in [9.17, 15) is 14.7 Å². The lowest BCUT2D eigenvalue weighted by molar-refractivity contribution is -0.141. The maximum Gasteiger partial charge on any atom is 0.326 e. The Morgan fingerprint density at radius 2 is 1.79 bits per heavy atom. The minimum Gasteiger partial charge on any atom is -0.480 e. The molecule has 1 fully saturated rings. The summed E-state index contributed by atoms with van der Waals surface area (Å²) in [6.45, 7) is 0.0416. The van der Waals surface area contributed by atoms with E-state index in [0.29, 0.717) is 5.56 Å². The van der Waals surface area contributed by atoms with Crippen molar-refractivity contribution >= 4 is 43.7 Å². The lowest BCUT2D eigenvalue weighted by Gasteiger charge is -2.21. The first-order valence-electron chi connectivity index (χ1n) is 5.56. The zero-order chi connectivity index (χ0) is 14.2. The fourth-order valence-corrected chi connectivity index (χ4v) is 3.41. The molecule has 1 aliphatic rings. The fraction of sp³-hybridized carbons (Fsp3) is 0.333. The number of rotatable bonds is 2. The molecule has 2 rings (SSSR count). The molecule has 102 valence electrons. The van der Waals surface area contributed by atoms with Crippen molar-refractivity contribution in [1.82, 2.24) is 4.90 Å². The SMILES string of the molecule is O=C(O)[C@@H]1C[C@@H](O)CN1C(=O)c1cc(Br)cc(Br)c1. The first-order valence-corrected chi connectivity index (χ1v) is 7.15. The average molecular weight is 393 g/mol. The van der Waals surface area contributed by atoms with Crippen LogP contribution < -0.4 is 0 Å². The molecule has 7 heteroatoms. The first-order chi connectivity index (χ1) is 8.88. The van der Waals surface area contributed by atoms with Gasteiger partial charge in [0.2, 0.25) is 0 Å². The van der Waals surface area contributed by atoms with Crippen molar-refractivity contribution in [2.75, 3.05) is 6.54 Å². The highest BCUT2D eigenvalue weighted by atomic mass is 79.9. The number of carbonyl (C=O) groups is 2. The summed E-state index contributed by atoms with van der Waals surface area (Å²) in [6, 6.07) is 4.05. The second-order valence-electron chi connectivity index (χ2n) is 4.36. The maximum absolute atomic E-state index is 12.3. The van der Waals surface area contributed by atoms with E-state index in [2.05, 4.69) is 31.9 Å². The van der Waals surface area contributed by atoms with Crippen LogP contribution in [0.15, 0.2) is 27.1 Å². The summed E-state index contributed by atoms with van der Waals surface area (Å²) in [5.74, 6) is -1.50. The van der Waals surface area contributed by atoms with Crippen LogP contribution in [0.2, 0.25) is 0 Å². The minimum absolute atomic E-state index is 0.0416. The number of nitrogens with zero attached hydrogens (tertiary/aromatic N) is 1. The van der Waals surface area contributed by atoms with Gasteiger partial charge in [-0.1, -0.05) is 31.9 Å². The third kappa shape index (κ3) is 3.16. The van der Waals surface area contributed by atoms with Gasteiger partial charge < -0.3 is 15.1 Å². The molecule has 0 aliphatic carbocycles. The number of carboxylic acids is 1. The topological polar surface area (TPSA) is 77.8 Å². The van der Waals surface area contributed by atoms with Crippen LogP contribution in [-0.2, 0) is 4.79 Å². The number of aliphatic carboxylic acids is 1. The molecule has 0 unspecified atom stereocenters. The predicted octanol–water partition coefficient (Wildman–Crippen LogP) is 1.87. The molecule has 1 amide bonds.